The molecular formula is C20H18ClFN4O2. The summed E-state index contributed by atoms with van der Waals surface area (Å²) in [4.78, 5) is 16.8. The zero-order chi connectivity index (χ0) is 19.8. The molecule has 144 valence electrons. The molecule has 0 spiro atoms. The second-order valence-corrected chi connectivity index (χ2v) is 7.16. The SMILES string of the molecule is Cc1nn(C)c(Oc2cccnc2)c1NC(=O)[C@@H]1C[C@@H]1c1c(F)cccc1Cl. The lowest BCUT2D eigenvalue weighted by Gasteiger charge is -2.10. The second kappa shape index (κ2) is 7.24. The van der Waals surface area contributed by atoms with Crippen LogP contribution < -0.4 is 10.1 Å². The number of pyridine rings is 1. The van der Waals surface area contributed by atoms with E-state index in [-0.39, 0.29) is 23.6 Å². The van der Waals surface area contributed by atoms with Crippen molar-refractivity contribution in [1.82, 2.24) is 14.8 Å². The molecule has 0 unspecified atom stereocenters. The van der Waals surface area contributed by atoms with Gasteiger partial charge in [-0.1, -0.05) is 17.7 Å². The lowest BCUT2D eigenvalue weighted by molar-refractivity contribution is -0.117. The fourth-order valence-corrected chi connectivity index (χ4v) is 3.60. The summed E-state index contributed by atoms with van der Waals surface area (Å²) in [5, 5.41) is 7.55. The highest BCUT2D eigenvalue weighted by Crippen LogP contribution is 2.51. The largest absolute Gasteiger partial charge is 0.436 e. The zero-order valence-electron chi connectivity index (χ0n) is 15.3. The van der Waals surface area contributed by atoms with Crippen LogP contribution in [0.2, 0.25) is 5.02 Å². The van der Waals surface area contributed by atoms with E-state index in [0.717, 1.165) is 0 Å². The molecule has 8 heteroatoms. The van der Waals surface area contributed by atoms with Crippen LogP contribution in [0, 0.1) is 18.7 Å². The number of rotatable bonds is 5. The van der Waals surface area contributed by atoms with Crippen molar-refractivity contribution in [1.29, 1.82) is 0 Å². The number of halogens is 2. The first-order chi connectivity index (χ1) is 13.5. The zero-order valence-corrected chi connectivity index (χ0v) is 16.1. The van der Waals surface area contributed by atoms with Gasteiger partial charge in [-0.3, -0.25) is 9.78 Å². The number of nitrogens with zero attached hydrogens (tertiary/aromatic N) is 3. The van der Waals surface area contributed by atoms with E-state index in [1.54, 1.807) is 55.3 Å². The summed E-state index contributed by atoms with van der Waals surface area (Å²) in [6.45, 7) is 1.78. The number of carbonyl (C=O) groups is 1. The highest BCUT2D eigenvalue weighted by atomic mass is 35.5. The Morgan fingerprint density at radius 2 is 2.18 bits per heavy atom. The van der Waals surface area contributed by atoms with Crippen LogP contribution in [0.4, 0.5) is 10.1 Å². The van der Waals surface area contributed by atoms with Crippen molar-refractivity contribution in [2.45, 2.75) is 19.3 Å². The first kappa shape index (κ1) is 18.4. The highest BCUT2D eigenvalue weighted by Gasteiger charge is 2.46. The number of benzene rings is 1. The molecule has 2 atom stereocenters. The minimum absolute atomic E-state index is 0.212. The number of nitrogens with one attached hydrogen (secondary N) is 1. The van der Waals surface area contributed by atoms with E-state index in [0.29, 0.717) is 40.0 Å². The fraction of sp³-hybridized carbons (Fsp3) is 0.250. The molecule has 1 N–H and O–H groups in total. The molecule has 4 rings (SSSR count). The van der Waals surface area contributed by atoms with Crippen LogP contribution in [-0.2, 0) is 11.8 Å². The van der Waals surface area contributed by atoms with Gasteiger partial charge in [0, 0.05) is 35.7 Å². The second-order valence-electron chi connectivity index (χ2n) is 6.75. The van der Waals surface area contributed by atoms with Crippen LogP contribution in [-0.4, -0.2) is 20.7 Å². The standard InChI is InChI=1S/C20H18ClFN4O2/c1-11-18(20(26(2)25-11)28-12-5-4-8-23-10-12)24-19(27)14-9-13(14)17-15(21)6-3-7-16(17)22/h3-8,10,13-14H,9H2,1-2H3,(H,24,27)/t13-,14+/m0/s1. The van der Waals surface area contributed by atoms with E-state index in [9.17, 15) is 9.18 Å². The Labute approximate surface area is 166 Å². The summed E-state index contributed by atoms with van der Waals surface area (Å²) in [5.74, 6) is -0.237. The van der Waals surface area contributed by atoms with E-state index in [4.69, 9.17) is 16.3 Å². The van der Waals surface area contributed by atoms with Gasteiger partial charge in [-0.15, -0.1) is 0 Å². The molecule has 3 aromatic rings. The third-order valence-corrected chi connectivity index (χ3v) is 5.09. The molecule has 2 heterocycles. The molecule has 1 saturated carbocycles. The third-order valence-electron chi connectivity index (χ3n) is 4.76. The lowest BCUT2D eigenvalue weighted by atomic mass is 10.1. The molecule has 28 heavy (non-hydrogen) atoms. The Morgan fingerprint density at radius 3 is 2.89 bits per heavy atom. The van der Waals surface area contributed by atoms with Gasteiger partial charge in [-0.05, 0) is 37.6 Å². The number of ether oxygens (including phenoxy) is 1. The van der Waals surface area contributed by atoms with Crippen LogP contribution >= 0.6 is 11.6 Å². The van der Waals surface area contributed by atoms with E-state index >= 15 is 0 Å². The van der Waals surface area contributed by atoms with Crippen LogP contribution in [0.5, 0.6) is 11.6 Å². The number of anilines is 1. The smallest absolute Gasteiger partial charge is 0.241 e. The van der Waals surface area contributed by atoms with Gasteiger partial charge in [0.05, 0.1) is 11.9 Å². The van der Waals surface area contributed by atoms with Crippen LogP contribution in [0.1, 0.15) is 23.6 Å². The number of hydrogen-bond donors (Lipinski definition) is 1. The average Bonchev–Trinajstić information content (AvgIpc) is 3.40. The van der Waals surface area contributed by atoms with Crippen molar-refractivity contribution in [2.75, 3.05) is 5.32 Å². The average molecular weight is 401 g/mol. The van der Waals surface area contributed by atoms with E-state index in [1.807, 2.05) is 0 Å². The molecule has 1 fully saturated rings. The maximum atomic E-state index is 14.1. The predicted octanol–water partition coefficient (Wildman–Crippen LogP) is 4.45. The maximum Gasteiger partial charge on any atom is 0.241 e. The van der Waals surface area contributed by atoms with Crippen molar-refractivity contribution >= 4 is 23.2 Å². The number of aromatic nitrogens is 3. The van der Waals surface area contributed by atoms with Gasteiger partial charge in [0.1, 0.15) is 17.3 Å². The minimum Gasteiger partial charge on any atom is -0.436 e. The van der Waals surface area contributed by atoms with Crippen LogP contribution in [0.3, 0.4) is 0 Å². The molecule has 2 aromatic heterocycles. The normalized spacial score (nSPS) is 18.0. The molecule has 6 nitrogen and oxygen atoms in total. The molecule has 0 bridgehead atoms. The summed E-state index contributed by atoms with van der Waals surface area (Å²) in [6, 6.07) is 8.07. The topological polar surface area (TPSA) is 69.0 Å². The first-order valence-electron chi connectivity index (χ1n) is 8.82. The molecule has 1 aromatic carbocycles. The van der Waals surface area contributed by atoms with Crippen molar-refractivity contribution < 1.29 is 13.9 Å². The molecular weight excluding hydrogens is 383 g/mol. The van der Waals surface area contributed by atoms with Gasteiger partial charge in [0.15, 0.2) is 0 Å². The Morgan fingerprint density at radius 1 is 1.36 bits per heavy atom. The Kier molecular flexibility index (Phi) is 4.77. The Hall–Kier alpha value is -2.93. The van der Waals surface area contributed by atoms with Crippen LogP contribution in [0.25, 0.3) is 0 Å². The van der Waals surface area contributed by atoms with E-state index in [1.165, 1.54) is 6.07 Å². The minimum atomic E-state index is -0.383. The molecule has 1 aliphatic rings. The van der Waals surface area contributed by atoms with Gasteiger partial charge in [0.2, 0.25) is 11.8 Å². The highest BCUT2D eigenvalue weighted by molar-refractivity contribution is 6.31. The van der Waals surface area contributed by atoms with Gasteiger partial charge < -0.3 is 10.1 Å². The summed E-state index contributed by atoms with van der Waals surface area (Å²) in [5.41, 5.74) is 1.51. The summed E-state index contributed by atoms with van der Waals surface area (Å²) < 4.78 is 21.5. The van der Waals surface area contributed by atoms with Gasteiger partial charge in [0.25, 0.3) is 0 Å². The number of aryl methyl sites for hydroxylation is 2. The van der Waals surface area contributed by atoms with E-state index in [2.05, 4.69) is 15.4 Å². The maximum absolute atomic E-state index is 14.1. The van der Waals surface area contributed by atoms with Crippen LogP contribution in [0.15, 0.2) is 42.7 Å². The summed E-state index contributed by atoms with van der Waals surface area (Å²) >= 11 is 6.13. The van der Waals surface area contributed by atoms with Crippen molar-refractivity contribution in [3.8, 4) is 11.6 Å². The van der Waals surface area contributed by atoms with Crippen molar-refractivity contribution in [3.63, 3.8) is 0 Å². The van der Waals surface area contributed by atoms with Crippen molar-refractivity contribution in [2.24, 2.45) is 13.0 Å². The summed E-state index contributed by atoms with van der Waals surface area (Å²) in [7, 11) is 1.73. The molecule has 1 amide bonds. The van der Waals surface area contributed by atoms with Crippen molar-refractivity contribution in [3.05, 3.63) is 64.8 Å². The van der Waals surface area contributed by atoms with Gasteiger partial charge in [-0.25, -0.2) is 9.07 Å². The molecule has 1 aliphatic carbocycles. The van der Waals surface area contributed by atoms with Gasteiger partial charge >= 0.3 is 0 Å². The predicted molar refractivity (Wildman–Crippen MR) is 103 cm³/mol. The lowest BCUT2D eigenvalue weighted by Crippen LogP contribution is -2.15. The molecule has 0 radical (unpaired) electrons. The molecule has 0 saturated heterocycles. The third kappa shape index (κ3) is 3.45. The Bertz CT molecular complexity index is 1020. The van der Waals surface area contributed by atoms with E-state index < -0.39 is 0 Å². The van der Waals surface area contributed by atoms with Gasteiger partial charge in [-0.2, -0.15) is 5.10 Å². The number of hydrogen-bond acceptors (Lipinski definition) is 4. The quantitative estimate of drug-likeness (QED) is 0.687. The molecule has 0 aliphatic heterocycles. The summed E-state index contributed by atoms with van der Waals surface area (Å²) in [6.07, 6.45) is 3.76. The fourth-order valence-electron chi connectivity index (χ4n) is 3.30. The monoisotopic (exact) mass is 400 g/mol. The number of carbonyl (C=O) groups excluding carboxylic acids is 1. The Balaban J connectivity index is 1.53. The first-order valence-corrected chi connectivity index (χ1v) is 9.19. The number of amides is 1.